The SMILES string of the molecule is CCN(CCO)CC1(CNC(C)(C)C)CCC(C)CC1. The quantitative estimate of drug-likeness (QED) is 0.754. The van der Waals surface area contributed by atoms with Gasteiger partial charge in [-0.3, -0.25) is 0 Å². The fourth-order valence-corrected chi connectivity index (χ4v) is 3.18. The Morgan fingerprint density at radius 2 is 1.85 bits per heavy atom. The van der Waals surface area contributed by atoms with E-state index in [1.165, 1.54) is 25.7 Å². The van der Waals surface area contributed by atoms with Crippen LogP contribution in [-0.2, 0) is 0 Å². The molecule has 0 heterocycles. The Labute approximate surface area is 126 Å². The number of likely N-dealkylation sites (N-methyl/N-ethyl adjacent to an activating group) is 1. The Hall–Kier alpha value is -0.120. The van der Waals surface area contributed by atoms with E-state index < -0.39 is 0 Å². The molecule has 0 aromatic heterocycles. The summed E-state index contributed by atoms with van der Waals surface area (Å²) in [5, 5.41) is 13.0. The summed E-state index contributed by atoms with van der Waals surface area (Å²) in [5.74, 6) is 0.880. The van der Waals surface area contributed by atoms with E-state index >= 15 is 0 Å². The zero-order chi connectivity index (χ0) is 15.2. The Kier molecular flexibility index (Phi) is 6.96. The van der Waals surface area contributed by atoms with Crippen LogP contribution in [0, 0.1) is 11.3 Å². The summed E-state index contributed by atoms with van der Waals surface area (Å²) < 4.78 is 0. The van der Waals surface area contributed by atoms with Gasteiger partial charge < -0.3 is 15.3 Å². The third-order valence-electron chi connectivity index (χ3n) is 4.75. The lowest BCUT2D eigenvalue weighted by Crippen LogP contribution is -2.50. The number of aliphatic hydroxyl groups is 1. The van der Waals surface area contributed by atoms with Crippen molar-refractivity contribution in [2.75, 3.05) is 32.8 Å². The molecule has 1 fully saturated rings. The lowest BCUT2D eigenvalue weighted by atomic mass is 9.70. The normalized spacial score (nSPS) is 28.1. The summed E-state index contributed by atoms with van der Waals surface area (Å²) in [4.78, 5) is 2.42. The van der Waals surface area contributed by atoms with Gasteiger partial charge in [-0.2, -0.15) is 0 Å². The van der Waals surface area contributed by atoms with E-state index in [1.54, 1.807) is 0 Å². The van der Waals surface area contributed by atoms with Crippen molar-refractivity contribution in [3.8, 4) is 0 Å². The van der Waals surface area contributed by atoms with Crippen molar-refractivity contribution >= 4 is 0 Å². The minimum absolute atomic E-state index is 0.185. The third kappa shape index (κ3) is 6.11. The van der Waals surface area contributed by atoms with Crippen LogP contribution in [0.5, 0.6) is 0 Å². The van der Waals surface area contributed by atoms with E-state index in [-0.39, 0.29) is 12.1 Å². The largest absolute Gasteiger partial charge is 0.395 e. The molecule has 20 heavy (non-hydrogen) atoms. The smallest absolute Gasteiger partial charge is 0.0558 e. The number of hydrogen-bond acceptors (Lipinski definition) is 3. The Balaban J connectivity index is 2.68. The van der Waals surface area contributed by atoms with Gasteiger partial charge in [-0.05, 0) is 51.5 Å². The van der Waals surface area contributed by atoms with Gasteiger partial charge in [0.15, 0.2) is 0 Å². The maximum atomic E-state index is 9.23. The van der Waals surface area contributed by atoms with Gasteiger partial charge in [-0.1, -0.05) is 26.7 Å². The minimum atomic E-state index is 0.185. The van der Waals surface area contributed by atoms with E-state index in [0.29, 0.717) is 5.41 Å². The third-order valence-corrected chi connectivity index (χ3v) is 4.75. The molecule has 0 radical (unpaired) electrons. The average Bonchev–Trinajstić information content (AvgIpc) is 2.38. The molecule has 1 aliphatic rings. The molecule has 3 nitrogen and oxygen atoms in total. The summed E-state index contributed by atoms with van der Waals surface area (Å²) in [6.07, 6.45) is 5.34. The standard InChI is InChI=1S/C17H36N2O/c1-6-19(11-12-20)14-17(13-18-16(3,4)5)9-7-15(2)8-10-17/h15,18,20H,6-14H2,1-5H3. The lowest BCUT2D eigenvalue weighted by Gasteiger charge is -2.44. The molecule has 0 unspecified atom stereocenters. The molecule has 3 heteroatoms. The maximum Gasteiger partial charge on any atom is 0.0558 e. The molecule has 120 valence electrons. The van der Waals surface area contributed by atoms with Crippen molar-refractivity contribution < 1.29 is 5.11 Å². The minimum Gasteiger partial charge on any atom is -0.395 e. The molecular weight excluding hydrogens is 248 g/mol. The monoisotopic (exact) mass is 284 g/mol. The van der Waals surface area contributed by atoms with Crippen LogP contribution in [0.3, 0.4) is 0 Å². The zero-order valence-corrected chi connectivity index (χ0v) is 14.3. The molecule has 1 saturated carbocycles. The highest BCUT2D eigenvalue weighted by molar-refractivity contribution is 4.91. The van der Waals surface area contributed by atoms with Crippen LogP contribution in [0.25, 0.3) is 0 Å². The molecule has 1 aliphatic carbocycles. The van der Waals surface area contributed by atoms with Crippen LogP contribution in [-0.4, -0.2) is 48.3 Å². The molecule has 0 aliphatic heterocycles. The fraction of sp³-hybridized carbons (Fsp3) is 1.00. The number of nitrogens with zero attached hydrogens (tertiary/aromatic N) is 1. The van der Waals surface area contributed by atoms with Crippen molar-refractivity contribution in [2.24, 2.45) is 11.3 Å². The summed E-state index contributed by atoms with van der Waals surface area (Å²) >= 11 is 0. The first-order chi connectivity index (χ1) is 9.30. The first kappa shape index (κ1) is 17.9. The van der Waals surface area contributed by atoms with Gasteiger partial charge in [0.2, 0.25) is 0 Å². The van der Waals surface area contributed by atoms with Crippen LogP contribution in [0.15, 0.2) is 0 Å². The summed E-state index contributed by atoms with van der Waals surface area (Å²) in [5.41, 5.74) is 0.578. The Morgan fingerprint density at radius 3 is 2.30 bits per heavy atom. The summed E-state index contributed by atoms with van der Waals surface area (Å²) in [7, 11) is 0. The topological polar surface area (TPSA) is 35.5 Å². The first-order valence-electron chi connectivity index (χ1n) is 8.38. The second-order valence-corrected chi connectivity index (χ2v) is 7.88. The van der Waals surface area contributed by atoms with E-state index in [0.717, 1.165) is 32.1 Å². The van der Waals surface area contributed by atoms with Gasteiger partial charge in [0.25, 0.3) is 0 Å². The van der Waals surface area contributed by atoms with E-state index in [1.807, 2.05) is 0 Å². The first-order valence-corrected chi connectivity index (χ1v) is 8.38. The van der Waals surface area contributed by atoms with Crippen molar-refractivity contribution in [3.05, 3.63) is 0 Å². The van der Waals surface area contributed by atoms with E-state index in [2.05, 4.69) is 44.8 Å². The molecule has 0 aromatic rings. The predicted octanol–water partition coefficient (Wildman–Crippen LogP) is 2.89. The molecule has 2 N–H and O–H groups in total. The second kappa shape index (κ2) is 7.77. The van der Waals surface area contributed by atoms with Gasteiger partial charge in [-0.25, -0.2) is 0 Å². The molecule has 0 atom stereocenters. The highest BCUT2D eigenvalue weighted by Crippen LogP contribution is 2.39. The van der Waals surface area contributed by atoms with Crippen LogP contribution in [0.2, 0.25) is 0 Å². The van der Waals surface area contributed by atoms with Crippen LogP contribution in [0.4, 0.5) is 0 Å². The molecule has 0 spiro atoms. The molecule has 0 amide bonds. The maximum absolute atomic E-state index is 9.23. The number of aliphatic hydroxyl groups excluding tert-OH is 1. The van der Waals surface area contributed by atoms with Crippen molar-refractivity contribution in [2.45, 2.75) is 65.8 Å². The number of rotatable bonds is 7. The summed E-state index contributed by atoms with van der Waals surface area (Å²) in [6, 6.07) is 0. The van der Waals surface area contributed by atoms with Gasteiger partial charge in [-0.15, -0.1) is 0 Å². The molecule has 0 saturated heterocycles. The average molecular weight is 284 g/mol. The summed E-state index contributed by atoms with van der Waals surface area (Å²) in [6.45, 7) is 15.7. The zero-order valence-electron chi connectivity index (χ0n) is 14.3. The van der Waals surface area contributed by atoms with Crippen molar-refractivity contribution in [1.29, 1.82) is 0 Å². The van der Waals surface area contributed by atoms with Crippen molar-refractivity contribution in [1.82, 2.24) is 10.2 Å². The highest BCUT2D eigenvalue weighted by Gasteiger charge is 2.36. The number of hydrogen-bond donors (Lipinski definition) is 2. The molecular formula is C17H36N2O. The Bertz CT molecular complexity index is 265. The van der Waals surface area contributed by atoms with Crippen molar-refractivity contribution in [3.63, 3.8) is 0 Å². The van der Waals surface area contributed by atoms with Crippen LogP contribution in [0.1, 0.15) is 60.3 Å². The lowest BCUT2D eigenvalue weighted by molar-refractivity contribution is 0.0730. The molecule has 0 bridgehead atoms. The number of nitrogens with one attached hydrogen (secondary N) is 1. The van der Waals surface area contributed by atoms with E-state index in [4.69, 9.17) is 0 Å². The van der Waals surface area contributed by atoms with Gasteiger partial charge in [0.1, 0.15) is 0 Å². The van der Waals surface area contributed by atoms with Gasteiger partial charge in [0.05, 0.1) is 6.61 Å². The fourth-order valence-electron chi connectivity index (χ4n) is 3.18. The van der Waals surface area contributed by atoms with E-state index in [9.17, 15) is 5.11 Å². The highest BCUT2D eigenvalue weighted by atomic mass is 16.3. The Morgan fingerprint density at radius 1 is 1.25 bits per heavy atom. The van der Waals surface area contributed by atoms with Gasteiger partial charge in [0, 0.05) is 25.2 Å². The predicted molar refractivity (Wildman–Crippen MR) is 87.0 cm³/mol. The van der Waals surface area contributed by atoms with Gasteiger partial charge >= 0.3 is 0 Å². The van der Waals surface area contributed by atoms with Crippen LogP contribution >= 0.6 is 0 Å². The molecule has 1 rings (SSSR count). The second-order valence-electron chi connectivity index (χ2n) is 7.88. The molecule has 0 aromatic carbocycles. The van der Waals surface area contributed by atoms with Crippen LogP contribution < -0.4 is 5.32 Å².